The van der Waals surface area contributed by atoms with Crippen LogP contribution >= 0.6 is 28.3 Å². The minimum Gasteiger partial charge on any atom is -0.350 e. The van der Waals surface area contributed by atoms with Crippen LogP contribution in [0.5, 0.6) is 0 Å². The first-order chi connectivity index (χ1) is 7.70. The van der Waals surface area contributed by atoms with Crippen LogP contribution < -0.4 is 11.1 Å². The van der Waals surface area contributed by atoms with Crippen molar-refractivity contribution >= 4 is 34.2 Å². The van der Waals surface area contributed by atoms with Crippen LogP contribution in [0.3, 0.4) is 0 Å². The number of carbonyl (C=O) groups excluding carboxylic acids is 1. The highest BCUT2D eigenvalue weighted by atomic mass is 79.9. The van der Waals surface area contributed by atoms with Crippen molar-refractivity contribution in [1.29, 1.82) is 0 Å². The Morgan fingerprint density at radius 2 is 1.89 bits per heavy atom. The molecule has 0 aromatic heterocycles. The molecule has 3 nitrogen and oxygen atoms in total. The van der Waals surface area contributed by atoms with E-state index in [-0.39, 0.29) is 29.0 Å². The van der Waals surface area contributed by atoms with E-state index in [9.17, 15) is 13.6 Å². The predicted octanol–water partition coefficient (Wildman–Crippen LogP) is 2.62. The van der Waals surface area contributed by atoms with Gasteiger partial charge in [-0.15, -0.1) is 12.4 Å². The largest absolute Gasteiger partial charge is 0.350 e. The molecular formula is C11H14BrClF2N2O. The van der Waals surface area contributed by atoms with Crippen molar-refractivity contribution in [3.8, 4) is 0 Å². The number of hydrogen-bond acceptors (Lipinski definition) is 2. The van der Waals surface area contributed by atoms with E-state index in [1.165, 1.54) is 0 Å². The van der Waals surface area contributed by atoms with Crippen LogP contribution in [0, 0.1) is 11.6 Å². The van der Waals surface area contributed by atoms with Gasteiger partial charge in [-0.25, -0.2) is 8.78 Å². The van der Waals surface area contributed by atoms with Gasteiger partial charge in [-0.05, 0) is 41.9 Å². The molecule has 0 aliphatic heterocycles. The average Bonchev–Trinajstić information content (AvgIpc) is 2.19. The van der Waals surface area contributed by atoms with E-state index < -0.39 is 23.1 Å². The summed E-state index contributed by atoms with van der Waals surface area (Å²) in [7, 11) is 0. The lowest BCUT2D eigenvalue weighted by Gasteiger charge is -2.19. The minimum absolute atomic E-state index is 0. The number of rotatable bonds is 3. The molecule has 0 saturated heterocycles. The fourth-order valence-corrected chi connectivity index (χ4v) is 1.60. The van der Waals surface area contributed by atoms with Crippen LogP contribution in [0.25, 0.3) is 0 Å². The van der Waals surface area contributed by atoms with Gasteiger partial charge in [-0.2, -0.15) is 0 Å². The molecule has 0 unspecified atom stereocenters. The van der Waals surface area contributed by atoms with Crippen molar-refractivity contribution in [2.75, 3.05) is 6.54 Å². The Bertz CT molecular complexity index is 449. The maximum atomic E-state index is 13.0. The smallest absolute Gasteiger partial charge is 0.252 e. The van der Waals surface area contributed by atoms with Gasteiger partial charge >= 0.3 is 0 Å². The highest BCUT2D eigenvalue weighted by molar-refractivity contribution is 9.10. The molecule has 1 amide bonds. The van der Waals surface area contributed by atoms with E-state index in [1.807, 2.05) is 0 Å². The molecule has 1 rings (SSSR count). The Hall–Kier alpha value is -0.720. The van der Waals surface area contributed by atoms with Gasteiger partial charge in [0.2, 0.25) is 0 Å². The van der Waals surface area contributed by atoms with Gasteiger partial charge in [-0.1, -0.05) is 0 Å². The number of amides is 1. The molecule has 18 heavy (non-hydrogen) atoms. The summed E-state index contributed by atoms with van der Waals surface area (Å²) in [6.07, 6.45) is 0. The maximum Gasteiger partial charge on any atom is 0.252 e. The summed E-state index contributed by atoms with van der Waals surface area (Å²) in [4.78, 5) is 11.7. The van der Waals surface area contributed by atoms with Crippen LogP contribution in [0.15, 0.2) is 16.6 Å². The first kappa shape index (κ1) is 17.3. The van der Waals surface area contributed by atoms with Gasteiger partial charge in [0.05, 0.1) is 5.56 Å². The average molecular weight is 344 g/mol. The van der Waals surface area contributed by atoms with Crippen LogP contribution in [0.4, 0.5) is 8.78 Å². The Balaban J connectivity index is 0.00000289. The molecule has 1 aromatic rings. The summed E-state index contributed by atoms with van der Waals surface area (Å²) in [5.41, 5.74) is 5.16. The van der Waals surface area contributed by atoms with Crippen molar-refractivity contribution in [2.24, 2.45) is 5.73 Å². The number of carbonyl (C=O) groups is 1. The summed E-state index contributed by atoms with van der Waals surface area (Å²) in [5, 5.41) is 2.54. The molecule has 102 valence electrons. The Labute approximate surface area is 119 Å². The molecule has 0 saturated carbocycles. The number of halogens is 4. The lowest BCUT2D eigenvalue weighted by molar-refractivity contribution is 0.0944. The molecule has 0 heterocycles. The van der Waals surface area contributed by atoms with Gasteiger partial charge in [-0.3, -0.25) is 4.79 Å². The van der Waals surface area contributed by atoms with Crippen molar-refractivity contribution in [3.63, 3.8) is 0 Å². The minimum atomic E-state index is -1.06. The van der Waals surface area contributed by atoms with Gasteiger partial charge in [0, 0.05) is 16.6 Å². The number of nitrogens with one attached hydrogen (secondary N) is 1. The van der Waals surface area contributed by atoms with Crippen molar-refractivity contribution in [2.45, 2.75) is 19.4 Å². The van der Waals surface area contributed by atoms with Crippen molar-refractivity contribution in [3.05, 3.63) is 33.8 Å². The summed E-state index contributed by atoms with van der Waals surface area (Å²) in [5.74, 6) is -2.58. The first-order valence-electron chi connectivity index (χ1n) is 4.92. The Morgan fingerprint density at radius 3 is 2.39 bits per heavy atom. The second-order valence-electron chi connectivity index (χ2n) is 4.42. The molecule has 0 radical (unpaired) electrons. The van der Waals surface area contributed by atoms with Gasteiger partial charge < -0.3 is 11.1 Å². The molecule has 0 bridgehead atoms. The molecule has 3 N–H and O–H groups in total. The van der Waals surface area contributed by atoms with Gasteiger partial charge in [0.15, 0.2) is 11.6 Å². The SMILES string of the molecule is CC(C)(N)CNC(=O)c1cc(F)c(F)cc1Br.Cl. The van der Waals surface area contributed by atoms with Crippen LogP contribution in [-0.2, 0) is 0 Å². The summed E-state index contributed by atoms with van der Waals surface area (Å²) in [6, 6.07) is 1.76. The predicted molar refractivity (Wildman–Crippen MR) is 71.9 cm³/mol. The highest BCUT2D eigenvalue weighted by Crippen LogP contribution is 2.20. The quantitative estimate of drug-likeness (QED) is 0.829. The zero-order valence-corrected chi connectivity index (χ0v) is 12.3. The van der Waals surface area contributed by atoms with Crippen LogP contribution in [-0.4, -0.2) is 18.0 Å². The van der Waals surface area contributed by atoms with Crippen LogP contribution in [0.2, 0.25) is 0 Å². The Morgan fingerprint density at radius 1 is 1.39 bits per heavy atom. The normalized spacial score (nSPS) is 10.8. The molecule has 0 atom stereocenters. The lowest BCUT2D eigenvalue weighted by Crippen LogP contribution is -2.45. The summed E-state index contributed by atoms with van der Waals surface area (Å²) >= 11 is 3.00. The van der Waals surface area contributed by atoms with Crippen molar-refractivity contribution in [1.82, 2.24) is 5.32 Å². The van der Waals surface area contributed by atoms with E-state index in [2.05, 4.69) is 21.2 Å². The first-order valence-corrected chi connectivity index (χ1v) is 5.71. The van der Waals surface area contributed by atoms with Gasteiger partial charge in [0.1, 0.15) is 0 Å². The molecule has 7 heteroatoms. The second kappa shape index (κ2) is 6.45. The third kappa shape index (κ3) is 4.88. The van der Waals surface area contributed by atoms with E-state index >= 15 is 0 Å². The van der Waals surface area contributed by atoms with E-state index in [0.717, 1.165) is 12.1 Å². The Kier molecular flexibility index (Phi) is 6.19. The number of nitrogens with two attached hydrogens (primary N) is 1. The molecule has 0 fully saturated rings. The van der Waals surface area contributed by atoms with Crippen molar-refractivity contribution < 1.29 is 13.6 Å². The second-order valence-corrected chi connectivity index (χ2v) is 5.27. The van der Waals surface area contributed by atoms with E-state index in [4.69, 9.17) is 5.73 Å². The number of benzene rings is 1. The molecular weight excluding hydrogens is 329 g/mol. The van der Waals surface area contributed by atoms with E-state index in [0.29, 0.717) is 0 Å². The summed E-state index contributed by atoms with van der Waals surface area (Å²) < 4.78 is 26.0. The molecule has 0 spiro atoms. The fourth-order valence-electron chi connectivity index (χ4n) is 1.10. The maximum absolute atomic E-state index is 13.0. The molecule has 1 aromatic carbocycles. The topological polar surface area (TPSA) is 55.1 Å². The fraction of sp³-hybridized carbons (Fsp3) is 0.364. The third-order valence-electron chi connectivity index (χ3n) is 1.96. The molecule has 0 aliphatic rings. The number of hydrogen-bond donors (Lipinski definition) is 2. The lowest BCUT2D eigenvalue weighted by atomic mass is 10.1. The third-order valence-corrected chi connectivity index (χ3v) is 2.62. The van der Waals surface area contributed by atoms with Gasteiger partial charge in [0.25, 0.3) is 5.91 Å². The standard InChI is InChI=1S/C11H13BrF2N2O.ClH/c1-11(2,15)5-16-10(17)6-3-8(13)9(14)4-7(6)12;/h3-4H,5,15H2,1-2H3,(H,16,17);1H. The summed E-state index contributed by atoms with van der Waals surface area (Å²) in [6.45, 7) is 3.72. The monoisotopic (exact) mass is 342 g/mol. The van der Waals surface area contributed by atoms with E-state index in [1.54, 1.807) is 13.8 Å². The zero-order valence-electron chi connectivity index (χ0n) is 9.89. The molecule has 0 aliphatic carbocycles. The highest BCUT2D eigenvalue weighted by Gasteiger charge is 2.17. The zero-order chi connectivity index (χ0) is 13.2. The van der Waals surface area contributed by atoms with Crippen LogP contribution in [0.1, 0.15) is 24.2 Å².